The van der Waals surface area contributed by atoms with E-state index >= 15 is 0 Å². The molecular formula is C13H9F3N2O. The molecule has 2 aromatic carbocycles. The number of rotatable bonds is 2. The maximum Gasteiger partial charge on any atom is 0.323 e. The molecule has 0 heterocycles. The molecule has 0 aromatic heterocycles. The summed E-state index contributed by atoms with van der Waals surface area (Å²) in [5.41, 5.74) is 0.486. The third-order valence-corrected chi connectivity index (χ3v) is 2.28. The van der Waals surface area contributed by atoms with Crippen LogP contribution in [0.1, 0.15) is 0 Å². The van der Waals surface area contributed by atoms with Gasteiger partial charge in [0, 0.05) is 17.4 Å². The lowest BCUT2D eigenvalue weighted by atomic mass is 10.3. The summed E-state index contributed by atoms with van der Waals surface area (Å²) in [5, 5.41) is 4.74. The molecule has 0 radical (unpaired) electrons. The molecule has 0 aliphatic rings. The van der Waals surface area contributed by atoms with Gasteiger partial charge in [0.15, 0.2) is 11.6 Å². The summed E-state index contributed by atoms with van der Waals surface area (Å²) in [5.74, 6) is -2.48. The first-order valence-electron chi connectivity index (χ1n) is 5.33. The Bertz CT molecular complexity index is 599. The molecule has 0 aliphatic heterocycles. The average Bonchev–Trinajstić information content (AvgIpc) is 2.37. The Balaban J connectivity index is 2.01. The minimum absolute atomic E-state index is 0.110. The van der Waals surface area contributed by atoms with Crippen LogP contribution in [0, 0.1) is 17.5 Å². The van der Waals surface area contributed by atoms with Gasteiger partial charge in [-0.3, -0.25) is 0 Å². The zero-order valence-corrected chi connectivity index (χ0v) is 9.58. The van der Waals surface area contributed by atoms with Crippen LogP contribution in [0.3, 0.4) is 0 Å². The van der Waals surface area contributed by atoms with E-state index < -0.39 is 23.5 Å². The van der Waals surface area contributed by atoms with E-state index in [-0.39, 0.29) is 5.69 Å². The van der Waals surface area contributed by atoms with Crippen molar-refractivity contribution in [1.82, 2.24) is 0 Å². The number of anilines is 2. The molecule has 6 heteroatoms. The number of carbonyl (C=O) groups excluding carboxylic acids is 1. The van der Waals surface area contributed by atoms with Gasteiger partial charge in [-0.05, 0) is 36.4 Å². The third-order valence-electron chi connectivity index (χ3n) is 2.28. The fraction of sp³-hybridized carbons (Fsp3) is 0. The van der Waals surface area contributed by atoms with Gasteiger partial charge < -0.3 is 10.6 Å². The molecule has 2 aromatic rings. The topological polar surface area (TPSA) is 41.1 Å². The molecule has 2 amide bonds. The van der Waals surface area contributed by atoms with E-state index in [4.69, 9.17) is 0 Å². The van der Waals surface area contributed by atoms with Gasteiger partial charge in [0.2, 0.25) is 0 Å². The summed E-state index contributed by atoms with van der Waals surface area (Å²) in [6.07, 6.45) is 0. The van der Waals surface area contributed by atoms with Crippen LogP contribution < -0.4 is 10.6 Å². The Labute approximate surface area is 107 Å². The van der Waals surface area contributed by atoms with Gasteiger partial charge in [0.25, 0.3) is 0 Å². The van der Waals surface area contributed by atoms with Crippen LogP contribution in [0.2, 0.25) is 0 Å². The van der Waals surface area contributed by atoms with Crippen molar-refractivity contribution in [1.29, 1.82) is 0 Å². The molecule has 0 saturated heterocycles. The molecule has 3 nitrogen and oxygen atoms in total. The van der Waals surface area contributed by atoms with E-state index in [1.807, 2.05) is 0 Å². The molecule has 0 atom stereocenters. The third kappa shape index (κ3) is 3.48. The second kappa shape index (κ2) is 5.43. The zero-order valence-electron chi connectivity index (χ0n) is 9.58. The number of hydrogen-bond acceptors (Lipinski definition) is 1. The number of halogens is 3. The van der Waals surface area contributed by atoms with E-state index in [9.17, 15) is 18.0 Å². The number of nitrogens with one attached hydrogen (secondary N) is 2. The normalized spacial score (nSPS) is 10.1. The SMILES string of the molecule is O=C(Nc1ccc(F)cc1)Nc1ccc(F)c(F)c1. The molecule has 98 valence electrons. The van der Waals surface area contributed by atoms with E-state index in [2.05, 4.69) is 10.6 Å². The Morgan fingerprint density at radius 1 is 0.789 bits per heavy atom. The highest BCUT2D eigenvalue weighted by Gasteiger charge is 2.06. The first-order valence-corrected chi connectivity index (χ1v) is 5.33. The average molecular weight is 266 g/mol. The quantitative estimate of drug-likeness (QED) is 0.854. The van der Waals surface area contributed by atoms with Crippen molar-refractivity contribution >= 4 is 17.4 Å². The Morgan fingerprint density at radius 3 is 2.00 bits per heavy atom. The van der Waals surface area contributed by atoms with Gasteiger partial charge in [0.1, 0.15) is 5.82 Å². The van der Waals surface area contributed by atoms with Crippen molar-refractivity contribution < 1.29 is 18.0 Å². The van der Waals surface area contributed by atoms with Crippen LogP contribution in [-0.2, 0) is 0 Å². The molecule has 0 spiro atoms. The Hall–Kier alpha value is -2.50. The van der Waals surface area contributed by atoms with Gasteiger partial charge in [-0.25, -0.2) is 18.0 Å². The first-order chi connectivity index (χ1) is 9.04. The highest BCUT2D eigenvalue weighted by Crippen LogP contribution is 2.14. The number of amides is 2. The lowest BCUT2D eigenvalue weighted by Crippen LogP contribution is -2.19. The minimum Gasteiger partial charge on any atom is -0.308 e. The van der Waals surface area contributed by atoms with Crippen molar-refractivity contribution in [3.05, 3.63) is 59.9 Å². The van der Waals surface area contributed by atoms with Crippen molar-refractivity contribution in [3.63, 3.8) is 0 Å². The van der Waals surface area contributed by atoms with Gasteiger partial charge in [-0.15, -0.1) is 0 Å². The maximum atomic E-state index is 12.9. The molecule has 0 unspecified atom stereocenters. The molecule has 0 bridgehead atoms. The molecule has 2 N–H and O–H groups in total. The summed E-state index contributed by atoms with van der Waals surface area (Å²) < 4.78 is 38.2. The largest absolute Gasteiger partial charge is 0.323 e. The number of carbonyl (C=O) groups is 1. The highest BCUT2D eigenvalue weighted by atomic mass is 19.2. The van der Waals surface area contributed by atoms with Crippen molar-refractivity contribution in [2.45, 2.75) is 0 Å². The number of benzene rings is 2. The predicted octanol–water partition coefficient (Wildman–Crippen LogP) is 3.75. The van der Waals surface area contributed by atoms with Crippen LogP contribution >= 0.6 is 0 Å². The van der Waals surface area contributed by atoms with Gasteiger partial charge in [0.05, 0.1) is 0 Å². The van der Waals surface area contributed by atoms with Crippen molar-refractivity contribution in [3.8, 4) is 0 Å². The second-order valence-corrected chi connectivity index (χ2v) is 3.71. The lowest BCUT2D eigenvalue weighted by molar-refractivity contribution is 0.262. The number of urea groups is 1. The number of hydrogen-bond donors (Lipinski definition) is 2. The van der Waals surface area contributed by atoms with Gasteiger partial charge in [-0.2, -0.15) is 0 Å². The summed E-state index contributed by atoms with van der Waals surface area (Å²) >= 11 is 0. The van der Waals surface area contributed by atoms with Crippen molar-refractivity contribution in [2.24, 2.45) is 0 Å². The van der Waals surface area contributed by atoms with Crippen LogP contribution in [0.25, 0.3) is 0 Å². The highest BCUT2D eigenvalue weighted by molar-refractivity contribution is 5.99. The Morgan fingerprint density at radius 2 is 1.37 bits per heavy atom. The summed E-state index contributed by atoms with van der Waals surface area (Å²) in [7, 11) is 0. The monoisotopic (exact) mass is 266 g/mol. The second-order valence-electron chi connectivity index (χ2n) is 3.71. The first kappa shape index (κ1) is 12.9. The van der Waals surface area contributed by atoms with Crippen LogP contribution in [0.4, 0.5) is 29.3 Å². The standard InChI is InChI=1S/C13H9F3N2O/c14-8-1-3-9(4-2-8)17-13(19)18-10-5-6-11(15)12(16)7-10/h1-7H,(H2,17,18,19). The molecular weight excluding hydrogens is 257 g/mol. The van der Waals surface area contributed by atoms with E-state index in [1.165, 1.54) is 30.3 Å². The Kier molecular flexibility index (Phi) is 3.70. The molecule has 2 rings (SSSR count). The van der Waals surface area contributed by atoms with E-state index in [1.54, 1.807) is 0 Å². The molecule has 0 saturated carbocycles. The zero-order chi connectivity index (χ0) is 13.8. The minimum atomic E-state index is -1.06. The van der Waals surface area contributed by atoms with Crippen LogP contribution in [0.15, 0.2) is 42.5 Å². The fourth-order valence-electron chi connectivity index (χ4n) is 1.40. The lowest BCUT2D eigenvalue weighted by Gasteiger charge is -2.07. The van der Waals surface area contributed by atoms with Gasteiger partial charge in [-0.1, -0.05) is 0 Å². The van der Waals surface area contributed by atoms with Crippen molar-refractivity contribution in [2.75, 3.05) is 10.6 Å². The van der Waals surface area contributed by atoms with Gasteiger partial charge >= 0.3 is 6.03 Å². The van der Waals surface area contributed by atoms with Crippen LogP contribution in [-0.4, -0.2) is 6.03 Å². The summed E-state index contributed by atoms with van der Waals surface area (Å²) in [4.78, 5) is 11.5. The summed E-state index contributed by atoms with van der Waals surface area (Å²) in [6, 6.07) is 7.48. The molecule has 0 fully saturated rings. The molecule has 19 heavy (non-hydrogen) atoms. The van der Waals surface area contributed by atoms with E-state index in [0.29, 0.717) is 5.69 Å². The smallest absolute Gasteiger partial charge is 0.308 e. The van der Waals surface area contributed by atoms with Crippen LogP contribution in [0.5, 0.6) is 0 Å². The molecule has 0 aliphatic carbocycles. The maximum absolute atomic E-state index is 12.9. The summed E-state index contributed by atoms with van der Waals surface area (Å²) in [6.45, 7) is 0. The van der Waals surface area contributed by atoms with E-state index in [0.717, 1.165) is 12.1 Å². The predicted molar refractivity (Wildman–Crippen MR) is 65.4 cm³/mol. The fourth-order valence-corrected chi connectivity index (χ4v) is 1.40.